The minimum Gasteiger partial charge on any atom is -0.317 e. The second-order valence-corrected chi connectivity index (χ2v) is 3.39. The van der Waals surface area contributed by atoms with Gasteiger partial charge in [0.1, 0.15) is 5.69 Å². The van der Waals surface area contributed by atoms with Gasteiger partial charge in [-0.1, -0.05) is 0 Å². The first-order chi connectivity index (χ1) is 6.40. The van der Waals surface area contributed by atoms with E-state index in [1.165, 1.54) is 0 Å². The van der Waals surface area contributed by atoms with E-state index in [1.54, 1.807) is 0 Å². The smallest absolute Gasteiger partial charge is 0.170 e. The highest BCUT2D eigenvalue weighted by molar-refractivity contribution is 5.71. The van der Waals surface area contributed by atoms with E-state index in [0.29, 0.717) is 11.6 Å². The lowest BCUT2D eigenvalue weighted by molar-refractivity contribution is 0.111. The maximum absolute atomic E-state index is 10.4. The van der Waals surface area contributed by atoms with E-state index in [-0.39, 0.29) is 0 Å². The molecule has 1 aliphatic heterocycles. The highest BCUT2D eigenvalue weighted by Crippen LogP contribution is 2.23. The van der Waals surface area contributed by atoms with Crippen molar-refractivity contribution in [3.05, 3.63) is 17.5 Å². The number of rotatable bonds is 2. The number of nitrogens with one attached hydrogen (secondary N) is 2. The lowest BCUT2D eigenvalue weighted by Gasteiger charge is -2.20. The topological polar surface area (TPSA) is 57.8 Å². The molecule has 0 bridgehead atoms. The molecule has 0 aromatic carbocycles. The Morgan fingerprint density at radius 3 is 2.85 bits per heavy atom. The van der Waals surface area contributed by atoms with Gasteiger partial charge in [-0.3, -0.25) is 9.89 Å². The van der Waals surface area contributed by atoms with Crippen LogP contribution < -0.4 is 5.32 Å². The van der Waals surface area contributed by atoms with Crippen LogP contribution in [0.1, 0.15) is 34.9 Å². The number of aromatic amines is 1. The van der Waals surface area contributed by atoms with Crippen molar-refractivity contribution in [3.8, 4) is 0 Å². The van der Waals surface area contributed by atoms with E-state index >= 15 is 0 Å². The molecule has 0 radical (unpaired) electrons. The van der Waals surface area contributed by atoms with Crippen molar-refractivity contribution in [2.45, 2.75) is 18.8 Å². The zero-order valence-electron chi connectivity index (χ0n) is 7.42. The average Bonchev–Trinajstić information content (AvgIpc) is 2.67. The molecule has 0 spiro atoms. The number of aromatic nitrogens is 2. The molecule has 0 atom stereocenters. The molecule has 1 aromatic heterocycles. The molecule has 0 unspecified atom stereocenters. The summed E-state index contributed by atoms with van der Waals surface area (Å²) in [4.78, 5) is 10.4. The van der Waals surface area contributed by atoms with Gasteiger partial charge in [-0.2, -0.15) is 5.10 Å². The summed E-state index contributed by atoms with van der Waals surface area (Å²) >= 11 is 0. The number of H-pyrrole nitrogens is 1. The van der Waals surface area contributed by atoms with E-state index in [4.69, 9.17) is 0 Å². The first-order valence-electron chi connectivity index (χ1n) is 4.61. The molecule has 1 fully saturated rings. The number of piperidine rings is 1. The summed E-state index contributed by atoms with van der Waals surface area (Å²) in [5.74, 6) is 0.544. The summed E-state index contributed by atoms with van der Waals surface area (Å²) in [6, 6.07) is 1.85. The fourth-order valence-electron chi connectivity index (χ4n) is 1.76. The SMILES string of the molecule is O=Cc1cc(C2CCNCC2)[nH]n1. The van der Waals surface area contributed by atoms with Gasteiger partial charge in [-0.15, -0.1) is 0 Å². The molecule has 2 N–H and O–H groups in total. The molecule has 1 aliphatic rings. The average molecular weight is 179 g/mol. The predicted molar refractivity (Wildman–Crippen MR) is 48.8 cm³/mol. The zero-order chi connectivity index (χ0) is 9.10. The Morgan fingerprint density at radius 2 is 2.23 bits per heavy atom. The highest BCUT2D eigenvalue weighted by Gasteiger charge is 2.16. The number of hydrogen-bond donors (Lipinski definition) is 2. The van der Waals surface area contributed by atoms with Crippen LogP contribution in [0.4, 0.5) is 0 Å². The zero-order valence-corrected chi connectivity index (χ0v) is 7.42. The molecule has 0 amide bonds. The molecule has 4 heteroatoms. The molecule has 70 valence electrons. The van der Waals surface area contributed by atoms with E-state index in [2.05, 4.69) is 15.5 Å². The monoisotopic (exact) mass is 179 g/mol. The second-order valence-electron chi connectivity index (χ2n) is 3.39. The van der Waals surface area contributed by atoms with Crippen molar-refractivity contribution < 1.29 is 4.79 Å². The Labute approximate surface area is 76.7 Å². The summed E-state index contributed by atoms with van der Waals surface area (Å²) in [6.07, 6.45) is 3.03. The third-order valence-electron chi connectivity index (χ3n) is 2.52. The van der Waals surface area contributed by atoms with Gasteiger partial charge >= 0.3 is 0 Å². The number of aldehydes is 1. The van der Waals surface area contributed by atoms with E-state index in [1.807, 2.05) is 6.07 Å². The number of carbonyl (C=O) groups excluding carboxylic acids is 1. The van der Waals surface area contributed by atoms with Crippen LogP contribution in [0.5, 0.6) is 0 Å². The number of nitrogens with zero attached hydrogens (tertiary/aromatic N) is 1. The van der Waals surface area contributed by atoms with Crippen LogP contribution in [0, 0.1) is 0 Å². The molecule has 1 saturated heterocycles. The minimum atomic E-state index is 0.508. The fraction of sp³-hybridized carbons (Fsp3) is 0.556. The van der Waals surface area contributed by atoms with Gasteiger partial charge in [0, 0.05) is 11.6 Å². The van der Waals surface area contributed by atoms with E-state index in [0.717, 1.165) is 37.9 Å². The van der Waals surface area contributed by atoms with Crippen LogP contribution in [-0.2, 0) is 0 Å². The number of carbonyl (C=O) groups is 1. The quantitative estimate of drug-likeness (QED) is 0.657. The van der Waals surface area contributed by atoms with Crippen molar-refractivity contribution in [2.24, 2.45) is 0 Å². The van der Waals surface area contributed by atoms with Gasteiger partial charge in [-0.05, 0) is 32.0 Å². The fourth-order valence-corrected chi connectivity index (χ4v) is 1.76. The summed E-state index contributed by atoms with van der Waals surface area (Å²) in [7, 11) is 0. The van der Waals surface area contributed by atoms with Crippen molar-refractivity contribution >= 4 is 6.29 Å². The lowest BCUT2D eigenvalue weighted by Crippen LogP contribution is -2.26. The van der Waals surface area contributed by atoms with Crippen molar-refractivity contribution in [1.82, 2.24) is 15.5 Å². The molecule has 4 nitrogen and oxygen atoms in total. The molecule has 1 aromatic rings. The predicted octanol–water partition coefficient (Wildman–Crippen LogP) is 0.689. The van der Waals surface area contributed by atoms with Crippen molar-refractivity contribution in [1.29, 1.82) is 0 Å². The normalized spacial score (nSPS) is 18.8. The Morgan fingerprint density at radius 1 is 1.46 bits per heavy atom. The van der Waals surface area contributed by atoms with Crippen LogP contribution in [0.25, 0.3) is 0 Å². The highest BCUT2D eigenvalue weighted by atomic mass is 16.1. The molecule has 0 aliphatic carbocycles. The molecule has 2 heterocycles. The summed E-state index contributed by atoms with van der Waals surface area (Å²) in [5, 5.41) is 10.1. The Kier molecular flexibility index (Phi) is 2.40. The van der Waals surface area contributed by atoms with Gasteiger partial charge < -0.3 is 5.32 Å². The Bertz CT molecular complexity index is 289. The third kappa shape index (κ3) is 1.78. The minimum absolute atomic E-state index is 0.508. The maximum Gasteiger partial charge on any atom is 0.170 e. The lowest BCUT2D eigenvalue weighted by atomic mass is 9.95. The van der Waals surface area contributed by atoms with E-state index in [9.17, 15) is 4.79 Å². The van der Waals surface area contributed by atoms with Crippen LogP contribution in [0.15, 0.2) is 6.07 Å². The largest absolute Gasteiger partial charge is 0.317 e. The van der Waals surface area contributed by atoms with Gasteiger partial charge in [0.05, 0.1) is 0 Å². The van der Waals surface area contributed by atoms with Gasteiger partial charge in [0.15, 0.2) is 6.29 Å². The first kappa shape index (κ1) is 8.44. The molecular weight excluding hydrogens is 166 g/mol. The van der Waals surface area contributed by atoms with E-state index < -0.39 is 0 Å². The first-order valence-corrected chi connectivity index (χ1v) is 4.61. The van der Waals surface area contributed by atoms with Crippen LogP contribution >= 0.6 is 0 Å². The molecule has 0 saturated carbocycles. The maximum atomic E-state index is 10.4. The van der Waals surface area contributed by atoms with Crippen molar-refractivity contribution in [2.75, 3.05) is 13.1 Å². The van der Waals surface area contributed by atoms with Crippen LogP contribution in [-0.4, -0.2) is 29.6 Å². The standard InChI is InChI=1S/C9H13N3O/c13-6-8-5-9(12-11-8)7-1-3-10-4-2-7/h5-7,10H,1-4H2,(H,11,12). The summed E-state index contributed by atoms with van der Waals surface area (Å²) < 4.78 is 0. The van der Waals surface area contributed by atoms with Crippen LogP contribution in [0.3, 0.4) is 0 Å². The van der Waals surface area contributed by atoms with Crippen LogP contribution in [0.2, 0.25) is 0 Å². The Balaban J connectivity index is 2.09. The Hall–Kier alpha value is -1.16. The molecular formula is C9H13N3O. The van der Waals surface area contributed by atoms with Gasteiger partial charge in [-0.25, -0.2) is 0 Å². The molecule has 13 heavy (non-hydrogen) atoms. The van der Waals surface area contributed by atoms with Gasteiger partial charge in [0.25, 0.3) is 0 Å². The van der Waals surface area contributed by atoms with Gasteiger partial charge in [0.2, 0.25) is 0 Å². The van der Waals surface area contributed by atoms with Crippen molar-refractivity contribution in [3.63, 3.8) is 0 Å². The molecule has 2 rings (SSSR count). The summed E-state index contributed by atoms with van der Waals surface area (Å²) in [6.45, 7) is 2.11. The number of hydrogen-bond acceptors (Lipinski definition) is 3. The third-order valence-corrected chi connectivity index (χ3v) is 2.52. The summed E-state index contributed by atoms with van der Waals surface area (Å²) in [5.41, 5.74) is 1.61. The second kappa shape index (κ2) is 3.70.